The summed E-state index contributed by atoms with van der Waals surface area (Å²) in [6.07, 6.45) is 3.52. The largest absolute Gasteiger partial charge is 0.338 e. The summed E-state index contributed by atoms with van der Waals surface area (Å²) in [5.41, 5.74) is 0.902. The van der Waals surface area contributed by atoms with Gasteiger partial charge in [0.05, 0.1) is 10.4 Å². The van der Waals surface area contributed by atoms with E-state index in [4.69, 9.17) is 0 Å². The van der Waals surface area contributed by atoms with Crippen molar-refractivity contribution in [2.45, 2.75) is 42.3 Å². The van der Waals surface area contributed by atoms with Gasteiger partial charge in [0.15, 0.2) is 5.13 Å². The monoisotopic (exact) mass is 581 g/mol. The first-order valence-electron chi connectivity index (χ1n) is 13.3. The van der Waals surface area contributed by atoms with E-state index >= 15 is 0 Å². The Labute approximate surface area is 247 Å². The molecule has 0 fully saturated rings. The SMILES string of the molecule is Cc1ccc(Sc2cnc(Nc3ccccn3)s2)cc1C(=O)N[C@](C)(C(=O)Nc1ccc2ccccc2c1)C(C)C. The molecule has 0 bridgehead atoms. The molecule has 5 rings (SSSR count). The maximum Gasteiger partial charge on any atom is 0.252 e. The zero-order chi connectivity index (χ0) is 29.0. The van der Waals surface area contributed by atoms with Crippen LogP contribution in [-0.4, -0.2) is 27.3 Å². The van der Waals surface area contributed by atoms with Gasteiger partial charge in [0.25, 0.3) is 5.91 Å². The molecule has 0 aliphatic rings. The van der Waals surface area contributed by atoms with Crippen LogP contribution in [0.3, 0.4) is 0 Å². The summed E-state index contributed by atoms with van der Waals surface area (Å²) in [7, 11) is 0. The lowest BCUT2D eigenvalue weighted by atomic mass is 9.86. The molecule has 2 amide bonds. The van der Waals surface area contributed by atoms with Gasteiger partial charge in [-0.05, 0) is 72.5 Å². The Kier molecular flexibility index (Phi) is 8.37. The molecule has 0 saturated carbocycles. The third-order valence-electron chi connectivity index (χ3n) is 7.06. The van der Waals surface area contributed by atoms with Crippen LogP contribution in [0.15, 0.2) is 100 Å². The summed E-state index contributed by atoms with van der Waals surface area (Å²) >= 11 is 3.04. The second-order valence-corrected chi connectivity index (χ2v) is 12.6. The Morgan fingerprint density at radius 2 is 1.71 bits per heavy atom. The zero-order valence-corrected chi connectivity index (χ0v) is 24.9. The maximum atomic E-state index is 13.6. The number of amides is 2. The lowest BCUT2D eigenvalue weighted by Gasteiger charge is -2.33. The van der Waals surface area contributed by atoms with Crippen molar-refractivity contribution in [1.82, 2.24) is 15.3 Å². The molecule has 3 N–H and O–H groups in total. The molecule has 2 aromatic heterocycles. The highest BCUT2D eigenvalue weighted by Crippen LogP contribution is 2.35. The van der Waals surface area contributed by atoms with Crippen molar-refractivity contribution in [3.63, 3.8) is 0 Å². The van der Waals surface area contributed by atoms with Gasteiger partial charge in [-0.25, -0.2) is 9.97 Å². The molecule has 7 nitrogen and oxygen atoms in total. The summed E-state index contributed by atoms with van der Waals surface area (Å²) in [6.45, 7) is 7.53. The summed E-state index contributed by atoms with van der Waals surface area (Å²) in [4.78, 5) is 36.8. The first-order valence-corrected chi connectivity index (χ1v) is 14.9. The van der Waals surface area contributed by atoms with Crippen molar-refractivity contribution in [3.05, 3.63) is 102 Å². The predicted octanol–water partition coefficient (Wildman–Crippen LogP) is 7.68. The van der Waals surface area contributed by atoms with E-state index in [1.807, 2.05) is 99.6 Å². The molecule has 208 valence electrons. The van der Waals surface area contributed by atoms with Crippen LogP contribution in [0.25, 0.3) is 10.8 Å². The van der Waals surface area contributed by atoms with E-state index < -0.39 is 5.54 Å². The summed E-state index contributed by atoms with van der Waals surface area (Å²) in [5, 5.41) is 12.1. The van der Waals surface area contributed by atoms with Gasteiger partial charge in [-0.1, -0.05) is 79.4 Å². The third kappa shape index (κ3) is 6.58. The molecule has 0 spiro atoms. The smallest absolute Gasteiger partial charge is 0.252 e. The van der Waals surface area contributed by atoms with Crippen LogP contribution in [-0.2, 0) is 4.79 Å². The van der Waals surface area contributed by atoms with Crippen LogP contribution in [0.1, 0.15) is 36.7 Å². The standard InChI is InChI=1S/C32H31N5O2S2/c1-20(2)32(4,30(39)35-24-14-13-22-9-5-6-10-23(22)17-24)37-29(38)26-18-25(15-12-21(26)3)40-28-19-34-31(41-28)36-27-11-7-8-16-33-27/h5-20H,1-4H3,(H,35,39)(H,37,38)(H,33,34,36)/t32-/m0/s1. The Bertz CT molecular complexity index is 1700. The van der Waals surface area contributed by atoms with E-state index in [0.717, 1.165) is 36.4 Å². The van der Waals surface area contributed by atoms with Gasteiger partial charge >= 0.3 is 0 Å². The predicted molar refractivity (Wildman–Crippen MR) is 168 cm³/mol. The lowest BCUT2D eigenvalue weighted by Crippen LogP contribution is -2.58. The molecule has 0 unspecified atom stereocenters. The van der Waals surface area contributed by atoms with Gasteiger partial charge in [0.2, 0.25) is 5.91 Å². The van der Waals surface area contributed by atoms with E-state index in [9.17, 15) is 9.59 Å². The molecule has 3 aromatic carbocycles. The van der Waals surface area contributed by atoms with E-state index in [2.05, 4.69) is 25.9 Å². The summed E-state index contributed by atoms with van der Waals surface area (Å²) < 4.78 is 0.973. The number of benzene rings is 3. The summed E-state index contributed by atoms with van der Waals surface area (Å²) in [5.74, 6) is 0.00562. The second-order valence-electron chi connectivity index (χ2n) is 10.2. The minimum atomic E-state index is -1.14. The van der Waals surface area contributed by atoms with E-state index in [-0.39, 0.29) is 17.7 Å². The Hall–Kier alpha value is -4.21. The lowest BCUT2D eigenvalue weighted by molar-refractivity contribution is -0.123. The van der Waals surface area contributed by atoms with Gasteiger partial charge in [-0.15, -0.1) is 0 Å². The number of fused-ring (bicyclic) bond motifs is 1. The molecule has 41 heavy (non-hydrogen) atoms. The third-order valence-corrected chi connectivity index (χ3v) is 9.07. The Balaban J connectivity index is 1.30. The molecule has 0 saturated heterocycles. The number of hydrogen-bond donors (Lipinski definition) is 3. The Morgan fingerprint density at radius 3 is 2.46 bits per heavy atom. The topological polar surface area (TPSA) is 96.0 Å². The highest BCUT2D eigenvalue weighted by atomic mass is 32.2. The van der Waals surface area contributed by atoms with Crippen LogP contribution < -0.4 is 16.0 Å². The van der Waals surface area contributed by atoms with Gasteiger partial charge in [0, 0.05) is 22.3 Å². The number of carbonyl (C=O) groups is 2. The number of carbonyl (C=O) groups excluding carboxylic acids is 2. The van der Waals surface area contributed by atoms with Crippen molar-refractivity contribution < 1.29 is 9.59 Å². The molecule has 0 radical (unpaired) electrons. The fraction of sp³-hybridized carbons (Fsp3) is 0.188. The van der Waals surface area contributed by atoms with Crippen molar-refractivity contribution in [2.75, 3.05) is 10.6 Å². The maximum absolute atomic E-state index is 13.6. The normalized spacial score (nSPS) is 12.6. The summed E-state index contributed by atoms with van der Waals surface area (Å²) in [6, 6.07) is 25.2. The highest BCUT2D eigenvalue weighted by Gasteiger charge is 2.38. The molecular weight excluding hydrogens is 551 g/mol. The molecule has 0 aliphatic carbocycles. The number of pyridine rings is 1. The number of hydrogen-bond acceptors (Lipinski definition) is 7. The Morgan fingerprint density at radius 1 is 0.927 bits per heavy atom. The molecule has 9 heteroatoms. The fourth-order valence-corrected chi connectivity index (χ4v) is 6.13. The van der Waals surface area contributed by atoms with E-state index in [1.165, 1.54) is 23.1 Å². The molecule has 2 heterocycles. The average Bonchev–Trinajstić information content (AvgIpc) is 3.40. The number of aromatic nitrogens is 2. The fourth-order valence-electron chi connectivity index (χ4n) is 4.23. The van der Waals surface area contributed by atoms with E-state index in [1.54, 1.807) is 19.3 Å². The van der Waals surface area contributed by atoms with Crippen molar-refractivity contribution in [2.24, 2.45) is 5.92 Å². The van der Waals surface area contributed by atoms with Crippen LogP contribution >= 0.6 is 23.1 Å². The minimum Gasteiger partial charge on any atom is -0.338 e. The van der Waals surface area contributed by atoms with E-state index in [0.29, 0.717) is 11.3 Å². The first-order chi connectivity index (χ1) is 19.7. The molecule has 1 atom stereocenters. The van der Waals surface area contributed by atoms with Crippen molar-refractivity contribution >= 4 is 62.3 Å². The second kappa shape index (κ2) is 12.1. The quantitative estimate of drug-likeness (QED) is 0.165. The first kappa shape index (κ1) is 28.3. The molecule has 0 aliphatic heterocycles. The van der Waals surface area contributed by atoms with Crippen molar-refractivity contribution in [1.29, 1.82) is 0 Å². The van der Waals surface area contributed by atoms with Crippen LogP contribution in [0.5, 0.6) is 0 Å². The number of anilines is 3. The average molecular weight is 582 g/mol. The minimum absolute atomic E-state index is 0.160. The van der Waals surface area contributed by atoms with Crippen LogP contribution in [0.4, 0.5) is 16.6 Å². The van der Waals surface area contributed by atoms with Crippen molar-refractivity contribution in [3.8, 4) is 0 Å². The van der Waals surface area contributed by atoms with Gasteiger partial charge in [-0.3, -0.25) is 9.59 Å². The molecular formula is C32H31N5O2S2. The number of aryl methyl sites for hydroxylation is 1. The number of thiazole rings is 1. The number of nitrogens with one attached hydrogen (secondary N) is 3. The van der Waals surface area contributed by atoms with Gasteiger partial charge < -0.3 is 16.0 Å². The van der Waals surface area contributed by atoms with Gasteiger partial charge in [0.1, 0.15) is 11.4 Å². The van der Waals surface area contributed by atoms with Crippen LogP contribution in [0, 0.1) is 12.8 Å². The van der Waals surface area contributed by atoms with Crippen LogP contribution in [0.2, 0.25) is 0 Å². The highest BCUT2D eigenvalue weighted by molar-refractivity contribution is 8.01. The number of rotatable bonds is 9. The zero-order valence-electron chi connectivity index (χ0n) is 23.3. The number of nitrogens with zero attached hydrogens (tertiary/aromatic N) is 2. The molecule has 5 aromatic rings. The van der Waals surface area contributed by atoms with Gasteiger partial charge in [-0.2, -0.15) is 0 Å².